The number of nitrogens with one attached hydrogen (secondary N) is 1. The van der Waals surface area contributed by atoms with E-state index in [-0.39, 0.29) is 12.1 Å². The number of carbonyl (C=O) groups excluding carboxylic acids is 1. The summed E-state index contributed by atoms with van der Waals surface area (Å²) in [6.07, 6.45) is 0.535. The number of halogens is 3. The molecule has 198 valence electrons. The third-order valence-electron chi connectivity index (χ3n) is 5.58. The Morgan fingerprint density at radius 3 is 2.27 bits per heavy atom. The maximum atomic E-state index is 13.0. The topological polar surface area (TPSA) is 69.3 Å². The van der Waals surface area contributed by atoms with Gasteiger partial charge >= 0.3 is 6.03 Å². The molecule has 0 radical (unpaired) electrons. The van der Waals surface area contributed by atoms with Gasteiger partial charge < -0.3 is 29.2 Å². The molecule has 0 aliphatic heterocycles. The molecule has 0 fully saturated rings. The number of hydrogen-bond acceptors (Lipinski definition) is 5. The van der Waals surface area contributed by atoms with E-state index in [4.69, 9.17) is 42.1 Å². The van der Waals surface area contributed by atoms with Crippen LogP contribution in [0.5, 0.6) is 28.7 Å². The summed E-state index contributed by atoms with van der Waals surface area (Å²) in [5.74, 6) is 2.81. The molecule has 2 amide bonds. The van der Waals surface area contributed by atoms with Gasteiger partial charge in [-0.2, -0.15) is 0 Å². The fourth-order valence-corrected chi connectivity index (χ4v) is 4.40. The Balaban J connectivity index is 1.69. The predicted octanol–water partition coefficient (Wildman–Crippen LogP) is 7.35. The van der Waals surface area contributed by atoms with E-state index < -0.39 is 0 Å². The predicted molar refractivity (Wildman–Crippen MR) is 150 cm³/mol. The van der Waals surface area contributed by atoms with Gasteiger partial charge in [0.05, 0.1) is 37.9 Å². The summed E-state index contributed by atoms with van der Waals surface area (Å²) >= 11 is 15.6. The van der Waals surface area contributed by atoms with Gasteiger partial charge in [0.15, 0.2) is 11.5 Å². The van der Waals surface area contributed by atoms with E-state index in [2.05, 4.69) is 21.2 Å². The first-order valence-corrected chi connectivity index (χ1v) is 12.9. The monoisotopic (exact) mass is 610 g/mol. The van der Waals surface area contributed by atoms with E-state index in [0.717, 1.165) is 15.6 Å². The van der Waals surface area contributed by atoms with Crippen LogP contribution in [0.15, 0.2) is 53.0 Å². The molecule has 0 bridgehead atoms. The minimum absolute atomic E-state index is 0.182. The lowest BCUT2D eigenvalue weighted by Gasteiger charge is -2.23. The van der Waals surface area contributed by atoms with Crippen LogP contribution in [0.1, 0.15) is 18.1 Å². The number of ether oxygens (including phenoxy) is 4. The van der Waals surface area contributed by atoms with Crippen molar-refractivity contribution in [3.05, 3.63) is 74.2 Å². The van der Waals surface area contributed by atoms with Crippen molar-refractivity contribution >= 4 is 45.2 Å². The highest BCUT2D eigenvalue weighted by Crippen LogP contribution is 2.40. The summed E-state index contributed by atoms with van der Waals surface area (Å²) in [5.41, 5.74) is 1.71. The lowest BCUT2D eigenvalue weighted by molar-refractivity contribution is 0.203. The molecule has 3 aromatic rings. The third-order valence-corrected chi connectivity index (χ3v) is 6.82. The molecule has 3 aromatic carbocycles. The van der Waals surface area contributed by atoms with Crippen LogP contribution in [0.25, 0.3) is 0 Å². The zero-order chi connectivity index (χ0) is 27.1. The maximum absolute atomic E-state index is 13.0. The average molecular weight is 612 g/mol. The first-order valence-electron chi connectivity index (χ1n) is 11.4. The summed E-state index contributed by atoms with van der Waals surface area (Å²) in [6.45, 7) is 2.25. The summed E-state index contributed by atoms with van der Waals surface area (Å²) in [5, 5.41) is 3.88. The molecule has 3 rings (SSSR count). The molecule has 0 aromatic heterocycles. The maximum Gasteiger partial charge on any atom is 0.317 e. The van der Waals surface area contributed by atoms with E-state index in [9.17, 15) is 4.79 Å². The lowest BCUT2D eigenvalue weighted by atomic mass is 10.0. The molecule has 0 aliphatic rings. The number of amides is 2. The fraction of sp³-hybridized carbons (Fsp3) is 0.296. The van der Waals surface area contributed by atoms with Crippen molar-refractivity contribution in [2.45, 2.75) is 25.9 Å². The van der Waals surface area contributed by atoms with Crippen LogP contribution >= 0.6 is 39.1 Å². The van der Waals surface area contributed by atoms with Crippen molar-refractivity contribution in [1.29, 1.82) is 0 Å². The van der Waals surface area contributed by atoms with Gasteiger partial charge in [0, 0.05) is 34.8 Å². The smallest absolute Gasteiger partial charge is 0.317 e. The van der Waals surface area contributed by atoms with Crippen molar-refractivity contribution in [1.82, 2.24) is 10.2 Å². The van der Waals surface area contributed by atoms with E-state index in [1.807, 2.05) is 37.3 Å². The second-order valence-electron chi connectivity index (χ2n) is 8.33. The Morgan fingerprint density at radius 1 is 0.919 bits per heavy atom. The molecular formula is C27H29BrCl2N2O5. The standard InChI is InChI=1S/C27H29BrCl2N2O5/c1-16(12-17-7-11-23(34-3)26(36-5)25(17)35-4)31-27(33)32(2)15-18-6-8-19(28)13-24(18)37-20-9-10-21(29)22(30)14-20/h6-11,13-14,16H,12,15H2,1-5H3,(H,31,33). The Hall–Kier alpha value is -2.81. The number of nitrogens with zero attached hydrogens (tertiary/aromatic N) is 1. The first-order chi connectivity index (χ1) is 17.7. The number of benzene rings is 3. The molecule has 1 unspecified atom stereocenters. The summed E-state index contributed by atoms with van der Waals surface area (Å²) < 4.78 is 23.3. The van der Waals surface area contributed by atoms with Gasteiger partial charge in [0.25, 0.3) is 0 Å². The first kappa shape index (κ1) is 28.8. The Bertz CT molecular complexity index is 1260. The van der Waals surface area contributed by atoms with Crippen molar-refractivity contribution in [3.8, 4) is 28.7 Å². The molecule has 0 saturated carbocycles. The molecular weight excluding hydrogens is 583 g/mol. The molecule has 0 heterocycles. The number of rotatable bonds is 10. The Labute approximate surface area is 235 Å². The summed E-state index contributed by atoms with van der Waals surface area (Å²) in [6, 6.07) is 14.0. The van der Waals surface area contributed by atoms with Gasteiger partial charge in [-0.05, 0) is 43.7 Å². The number of urea groups is 1. The highest BCUT2D eigenvalue weighted by atomic mass is 79.9. The van der Waals surface area contributed by atoms with Crippen LogP contribution in [0.3, 0.4) is 0 Å². The van der Waals surface area contributed by atoms with E-state index in [1.165, 1.54) is 0 Å². The van der Waals surface area contributed by atoms with E-state index in [1.54, 1.807) is 51.5 Å². The van der Waals surface area contributed by atoms with Gasteiger partial charge in [0.2, 0.25) is 5.75 Å². The minimum Gasteiger partial charge on any atom is -0.493 e. The molecule has 0 saturated heterocycles. The van der Waals surface area contributed by atoms with Crippen LogP contribution in [-0.2, 0) is 13.0 Å². The second kappa shape index (κ2) is 13.1. The lowest BCUT2D eigenvalue weighted by Crippen LogP contribution is -2.42. The SMILES string of the molecule is COc1ccc(CC(C)NC(=O)N(C)Cc2ccc(Br)cc2Oc2ccc(Cl)c(Cl)c2)c(OC)c1OC. The largest absolute Gasteiger partial charge is 0.493 e. The highest BCUT2D eigenvalue weighted by Gasteiger charge is 2.20. The highest BCUT2D eigenvalue weighted by molar-refractivity contribution is 9.10. The van der Waals surface area contributed by atoms with Crippen molar-refractivity contribution in [3.63, 3.8) is 0 Å². The summed E-state index contributed by atoms with van der Waals surface area (Å²) in [7, 11) is 6.44. The van der Waals surface area contributed by atoms with Crippen LogP contribution in [0, 0.1) is 0 Å². The Kier molecular flexibility index (Phi) is 10.2. The second-order valence-corrected chi connectivity index (χ2v) is 10.1. The van der Waals surface area contributed by atoms with E-state index >= 15 is 0 Å². The van der Waals surface area contributed by atoms with E-state index in [0.29, 0.717) is 51.8 Å². The van der Waals surface area contributed by atoms with Crippen LogP contribution < -0.4 is 24.3 Å². The fourth-order valence-electron chi connectivity index (χ4n) is 3.77. The van der Waals surface area contributed by atoms with Crippen LogP contribution in [-0.4, -0.2) is 45.3 Å². The average Bonchev–Trinajstić information content (AvgIpc) is 2.87. The normalized spacial score (nSPS) is 11.5. The number of hydrogen-bond donors (Lipinski definition) is 1. The molecule has 0 aliphatic carbocycles. The summed E-state index contributed by atoms with van der Waals surface area (Å²) in [4.78, 5) is 14.6. The van der Waals surface area contributed by atoms with Crippen LogP contribution in [0.2, 0.25) is 10.0 Å². The molecule has 7 nitrogen and oxygen atoms in total. The molecule has 10 heteroatoms. The number of methoxy groups -OCH3 is 3. The zero-order valence-electron chi connectivity index (χ0n) is 21.2. The minimum atomic E-state index is -0.227. The molecule has 37 heavy (non-hydrogen) atoms. The molecule has 1 N–H and O–H groups in total. The van der Waals surface area contributed by atoms with Crippen molar-refractivity contribution in [2.24, 2.45) is 0 Å². The van der Waals surface area contributed by atoms with Crippen molar-refractivity contribution in [2.75, 3.05) is 28.4 Å². The third kappa shape index (κ3) is 7.37. The van der Waals surface area contributed by atoms with Crippen molar-refractivity contribution < 1.29 is 23.7 Å². The van der Waals surface area contributed by atoms with Gasteiger partial charge in [-0.1, -0.05) is 51.3 Å². The zero-order valence-corrected chi connectivity index (χ0v) is 24.3. The molecule has 0 spiro atoms. The van der Waals surface area contributed by atoms with Gasteiger partial charge in [-0.15, -0.1) is 0 Å². The quantitative estimate of drug-likeness (QED) is 0.260. The van der Waals surface area contributed by atoms with Crippen LogP contribution in [0.4, 0.5) is 4.79 Å². The molecule has 1 atom stereocenters. The van der Waals surface area contributed by atoms with Gasteiger partial charge in [-0.3, -0.25) is 0 Å². The van der Waals surface area contributed by atoms with Gasteiger partial charge in [-0.25, -0.2) is 4.79 Å². The Morgan fingerprint density at radius 2 is 1.62 bits per heavy atom. The number of carbonyl (C=O) groups is 1. The van der Waals surface area contributed by atoms with Gasteiger partial charge in [0.1, 0.15) is 11.5 Å².